The van der Waals surface area contributed by atoms with Gasteiger partial charge in [-0.25, -0.2) is 0 Å². The molecule has 0 unspecified atom stereocenters. The minimum absolute atomic E-state index is 0.0325. The standard InChI is InChI=1S/C36H36ClF3N2O3/c1-35(29-11-4-2-5-12-29,30-13-6-3-7-14-30)42(26-28-10-8-15-32(33(28)37)36(38,39)40)20-9-23-45-31-18-16-27(17-19-31)34(43)41-21-24-44-25-22-41/h2-8,10-19H,9,20-26H2,1H3. The summed E-state index contributed by atoms with van der Waals surface area (Å²) in [6.45, 7) is 5.36. The van der Waals surface area contributed by atoms with Gasteiger partial charge in [0, 0.05) is 31.7 Å². The summed E-state index contributed by atoms with van der Waals surface area (Å²) < 4.78 is 52.7. The molecule has 0 aromatic heterocycles. The lowest BCUT2D eigenvalue weighted by molar-refractivity contribution is -0.137. The minimum Gasteiger partial charge on any atom is -0.494 e. The number of hydrogen-bond donors (Lipinski definition) is 0. The maximum atomic E-state index is 13.8. The maximum absolute atomic E-state index is 13.8. The quantitative estimate of drug-likeness (QED) is 0.156. The number of benzene rings is 4. The fourth-order valence-corrected chi connectivity index (χ4v) is 6.03. The van der Waals surface area contributed by atoms with Crippen molar-refractivity contribution in [3.05, 3.63) is 136 Å². The van der Waals surface area contributed by atoms with E-state index in [2.05, 4.69) is 11.8 Å². The minimum atomic E-state index is -4.56. The first kappa shape index (κ1) is 32.5. The van der Waals surface area contributed by atoms with Crippen molar-refractivity contribution >= 4 is 17.5 Å². The molecule has 4 aromatic rings. The summed E-state index contributed by atoms with van der Waals surface area (Å²) in [5, 5.41) is -0.290. The van der Waals surface area contributed by atoms with Gasteiger partial charge in [0.2, 0.25) is 0 Å². The van der Waals surface area contributed by atoms with Gasteiger partial charge in [0.05, 0.1) is 35.9 Å². The fourth-order valence-electron chi connectivity index (χ4n) is 5.73. The third-order valence-corrected chi connectivity index (χ3v) is 8.74. The summed E-state index contributed by atoms with van der Waals surface area (Å²) in [6.07, 6.45) is -3.98. The summed E-state index contributed by atoms with van der Waals surface area (Å²) in [5.41, 5.74) is 1.45. The molecular formula is C36H36ClF3N2O3. The molecule has 1 fully saturated rings. The Morgan fingerprint density at radius 2 is 1.47 bits per heavy atom. The van der Waals surface area contributed by atoms with Crippen molar-refractivity contribution in [2.75, 3.05) is 39.5 Å². The molecule has 0 spiro atoms. The van der Waals surface area contributed by atoms with Crippen molar-refractivity contribution in [1.82, 2.24) is 9.80 Å². The number of morpholine rings is 1. The predicted molar refractivity (Wildman–Crippen MR) is 169 cm³/mol. The van der Waals surface area contributed by atoms with E-state index in [0.29, 0.717) is 62.8 Å². The number of nitrogens with zero attached hydrogens (tertiary/aromatic N) is 2. The maximum Gasteiger partial charge on any atom is 0.417 e. The van der Waals surface area contributed by atoms with Crippen LogP contribution in [-0.4, -0.2) is 55.2 Å². The van der Waals surface area contributed by atoms with Crippen LogP contribution in [0.4, 0.5) is 13.2 Å². The SMILES string of the molecule is CC(c1ccccc1)(c1ccccc1)N(CCCOc1ccc(C(=O)N2CCOCC2)cc1)Cc1cccc(C(F)(F)F)c1Cl. The summed E-state index contributed by atoms with van der Waals surface area (Å²) in [4.78, 5) is 16.7. The van der Waals surface area contributed by atoms with Gasteiger partial charge in [0.1, 0.15) is 5.75 Å². The van der Waals surface area contributed by atoms with Crippen LogP contribution in [0.3, 0.4) is 0 Å². The van der Waals surface area contributed by atoms with Gasteiger partial charge in [0.25, 0.3) is 5.91 Å². The molecule has 9 heteroatoms. The van der Waals surface area contributed by atoms with E-state index in [1.807, 2.05) is 60.7 Å². The first-order valence-electron chi connectivity index (χ1n) is 15.0. The van der Waals surface area contributed by atoms with Gasteiger partial charge < -0.3 is 14.4 Å². The Morgan fingerprint density at radius 3 is 2.04 bits per heavy atom. The first-order valence-corrected chi connectivity index (χ1v) is 15.4. The van der Waals surface area contributed by atoms with Gasteiger partial charge >= 0.3 is 6.18 Å². The highest BCUT2D eigenvalue weighted by molar-refractivity contribution is 6.32. The molecule has 1 aliphatic heterocycles. The molecule has 1 saturated heterocycles. The summed E-state index contributed by atoms with van der Waals surface area (Å²) in [5.74, 6) is 0.602. The van der Waals surface area contributed by atoms with Gasteiger partial charge in [-0.1, -0.05) is 84.4 Å². The molecule has 0 atom stereocenters. The highest BCUT2D eigenvalue weighted by Gasteiger charge is 2.38. The van der Waals surface area contributed by atoms with Gasteiger partial charge in [-0.3, -0.25) is 9.69 Å². The Labute approximate surface area is 267 Å². The summed E-state index contributed by atoms with van der Waals surface area (Å²) >= 11 is 6.40. The van der Waals surface area contributed by atoms with Gasteiger partial charge in [-0.05, 0) is 60.4 Å². The van der Waals surface area contributed by atoms with Gasteiger partial charge in [-0.2, -0.15) is 13.2 Å². The number of alkyl halides is 3. The highest BCUT2D eigenvalue weighted by atomic mass is 35.5. The Kier molecular flexibility index (Phi) is 10.5. The molecule has 1 heterocycles. The highest BCUT2D eigenvalue weighted by Crippen LogP contribution is 2.40. The van der Waals surface area contributed by atoms with Crippen LogP contribution in [0.2, 0.25) is 5.02 Å². The third-order valence-electron chi connectivity index (χ3n) is 8.29. The molecule has 0 N–H and O–H groups in total. The normalized spacial score (nSPS) is 14.0. The van der Waals surface area contributed by atoms with Crippen molar-refractivity contribution in [1.29, 1.82) is 0 Å². The second-order valence-corrected chi connectivity index (χ2v) is 11.5. The molecular weight excluding hydrogens is 601 g/mol. The van der Waals surface area contributed by atoms with E-state index >= 15 is 0 Å². The van der Waals surface area contributed by atoms with Crippen molar-refractivity contribution in [3.8, 4) is 5.75 Å². The molecule has 1 aliphatic rings. The smallest absolute Gasteiger partial charge is 0.417 e. The van der Waals surface area contributed by atoms with E-state index in [1.165, 1.54) is 6.07 Å². The number of ether oxygens (including phenoxy) is 2. The number of halogens is 4. The van der Waals surface area contributed by atoms with E-state index in [0.717, 1.165) is 17.2 Å². The lowest BCUT2D eigenvalue weighted by atomic mass is 9.82. The Morgan fingerprint density at radius 1 is 0.867 bits per heavy atom. The van der Waals surface area contributed by atoms with Crippen LogP contribution in [0.25, 0.3) is 0 Å². The predicted octanol–water partition coefficient (Wildman–Crippen LogP) is 8.07. The Balaban J connectivity index is 1.36. The number of carbonyl (C=O) groups excluding carboxylic acids is 1. The Bertz CT molecular complexity index is 1500. The molecule has 0 saturated carbocycles. The lowest BCUT2D eigenvalue weighted by Crippen LogP contribution is -2.45. The Hall–Kier alpha value is -3.85. The van der Waals surface area contributed by atoms with E-state index in [9.17, 15) is 18.0 Å². The molecule has 5 rings (SSSR count). The van der Waals surface area contributed by atoms with Crippen LogP contribution in [0, 0.1) is 0 Å². The lowest BCUT2D eigenvalue weighted by Gasteiger charge is -2.43. The van der Waals surface area contributed by atoms with Crippen LogP contribution in [0.5, 0.6) is 5.75 Å². The van der Waals surface area contributed by atoms with Gasteiger partial charge in [0.15, 0.2) is 0 Å². The summed E-state index contributed by atoms with van der Waals surface area (Å²) in [7, 11) is 0. The average molecular weight is 637 g/mol. The van der Waals surface area contributed by atoms with Crippen LogP contribution >= 0.6 is 11.6 Å². The topological polar surface area (TPSA) is 42.0 Å². The number of rotatable bonds is 11. The molecule has 0 aliphatic carbocycles. The molecule has 4 aromatic carbocycles. The number of carbonyl (C=O) groups is 1. The van der Waals surface area contributed by atoms with Crippen molar-refractivity contribution in [2.45, 2.75) is 31.6 Å². The molecule has 1 amide bonds. The zero-order valence-electron chi connectivity index (χ0n) is 25.1. The van der Waals surface area contributed by atoms with Gasteiger partial charge in [-0.15, -0.1) is 0 Å². The number of amides is 1. The van der Waals surface area contributed by atoms with Crippen molar-refractivity contribution in [3.63, 3.8) is 0 Å². The van der Waals surface area contributed by atoms with E-state index in [-0.39, 0.29) is 17.5 Å². The van der Waals surface area contributed by atoms with E-state index in [1.54, 1.807) is 35.2 Å². The fraction of sp³-hybridized carbons (Fsp3) is 0.306. The summed E-state index contributed by atoms with van der Waals surface area (Å²) in [6, 6.07) is 31.0. The van der Waals surface area contributed by atoms with Crippen LogP contribution in [-0.2, 0) is 23.0 Å². The van der Waals surface area contributed by atoms with E-state index < -0.39 is 17.3 Å². The molecule has 45 heavy (non-hydrogen) atoms. The zero-order valence-corrected chi connectivity index (χ0v) is 25.9. The molecule has 5 nitrogen and oxygen atoms in total. The van der Waals surface area contributed by atoms with Crippen molar-refractivity contribution < 1.29 is 27.4 Å². The van der Waals surface area contributed by atoms with Crippen LogP contribution in [0.1, 0.15) is 46.0 Å². The second-order valence-electron chi connectivity index (χ2n) is 11.1. The van der Waals surface area contributed by atoms with Crippen molar-refractivity contribution in [2.24, 2.45) is 0 Å². The molecule has 0 radical (unpaired) electrons. The largest absolute Gasteiger partial charge is 0.494 e. The van der Waals surface area contributed by atoms with Crippen LogP contribution in [0.15, 0.2) is 103 Å². The number of hydrogen-bond acceptors (Lipinski definition) is 4. The second kappa shape index (κ2) is 14.5. The first-order chi connectivity index (χ1) is 21.7. The monoisotopic (exact) mass is 636 g/mol. The molecule has 0 bridgehead atoms. The zero-order chi connectivity index (χ0) is 31.9. The van der Waals surface area contributed by atoms with E-state index in [4.69, 9.17) is 21.1 Å². The van der Waals surface area contributed by atoms with Crippen LogP contribution < -0.4 is 4.74 Å². The molecule has 236 valence electrons. The average Bonchev–Trinajstić information content (AvgIpc) is 3.07. The third kappa shape index (κ3) is 7.69.